The van der Waals surface area contributed by atoms with Gasteiger partial charge in [-0.3, -0.25) is 14.0 Å². The van der Waals surface area contributed by atoms with Gasteiger partial charge in [-0.25, -0.2) is 0 Å². The number of anilines is 1. The Labute approximate surface area is 200 Å². The lowest BCUT2D eigenvalue weighted by Crippen LogP contribution is -2.47. The number of aliphatic imine (C=N–C) groups is 1. The Kier molecular flexibility index (Phi) is 10.6. The molecule has 1 amide bonds. The van der Waals surface area contributed by atoms with Gasteiger partial charge in [0.05, 0.1) is 0 Å². The van der Waals surface area contributed by atoms with Crippen LogP contribution in [0.15, 0.2) is 29.3 Å². The lowest BCUT2D eigenvalue weighted by Gasteiger charge is -2.30. The van der Waals surface area contributed by atoms with E-state index in [1.807, 2.05) is 30.0 Å². The maximum Gasteiger partial charge on any atom is 0.227 e. The van der Waals surface area contributed by atoms with E-state index in [1.165, 1.54) is 5.56 Å². The van der Waals surface area contributed by atoms with Crippen LogP contribution in [0.5, 0.6) is 0 Å². The zero-order valence-corrected chi connectivity index (χ0v) is 21.2. The third-order valence-electron chi connectivity index (χ3n) is 5.89. The number of nitrogens with zero attached hydrogens (tertiary/aromatic N) is 2. The SMILES string of the molecule is CCS(=O)C1CCCC(NC(=NC)NCCCC(=O)N2CCc3ccccc32)C1.I. The number of rotatable bonds is 7. The number of guanidine groups is 1. The molecule has 3 atom stereocenters. The van der Waals surface area contributed by atoms with Gasteiger partial charge in [0.2, 0.25) is 5.91 Å². The quantitative estimate of drug-likeness (QED) is 0.239. The average Bonchev–Trinajstić information content (AvgIpc) is 3.19. The molecule has 1 aromatic rings. The molecule has 1 aromatic carbocycles. The molecule has 0 saturated heterocycles. The summed E-state index contributed by atoms with van der Waals surface area (Å²) in [6, 6.07) is 8.48. The zero-order valence-electron chi connectivity index (χ0n) is 18.1. The van der Waals surface area contributed by atoms with Crippen molar-refractivity contribution < 1.29 is 9.00 Å². The summed E-state index contributed by atoms with van der Waals surface area (Å²) in [6.07, 6.45) is 6.44. The summed E-state index contributed by atoms with van der Waals surface area (Å²) in [5, 5.41) is 7.11. The average molecular weight is 547 g/mol. The van der Waals surface area contributed by atoms with Gasteiger partial charge in [-0.1, -0.05) is 31.5 Å². The van der Waals surface area contributed by atoms with E-state index in [0.29, 0.717) is 24.3 Å². The number of amides is 1. The summed E-state index contributed by atoms with van der Waals surface area (Å²) in [5.74, 6) is 1.70. The normalized spacial score (nSPS) is 22.1. The number of hydrogen-bond donors (Lipinski definition) is 2. The number of para-hydroxylation sites is 1. The molecular weight excluding hydrogens is 511 g/mol. The molecular formula is C22H35IN4O2S. The maximum atomic E-state index is 12.6. The van der Waals surface area contributed by atoms with E-state index in [4.69, 9.17) is 0 Å². The molecule has 2 N–H and O–H groups in total. The van der Waals surface area contributed by atoms with Crippen LogP contribution in [0.25, 0.3) is 0 Å². The first-order valence-electron chi connectivity index (χ1n) is 10.8. The molecule has 1 aliphatic carbocycles. The molecule has 168 valence electrons. The number of halogens is 1. The van der Waals surface area contributed by atoms with Gasteiger partial charge >= 0.3 is 0 Å². The molecule has 3 rings (SSSR count). The minimum Gasteiger partial charge on any atom is -0.356 e. The monoisotopic (exact) mass is 546 g/mol. The molecule has 1 saturated carbocycles. The summed E-state index contributed by atoms with van der Waals surface area (Å²) in [6.45, 7) is 3.49. The van der Waals surface area contributed by atoms with Crippen molar-refractivity contribution in [2.75, 3.05) is 30.8 Å². The maximum absolute atomic E-state index is 12.6. The molecule has 0 aromatic heterocycles. The van der Waals surface area contributed by atoms with Crippen LogP contribution in [-0.4, -0.2) is 53.3 Å². The van der Waals surface area contributed by atoms with Crippen molar-refractivity contribution in [3.63, 3.8) is 0 Å². The third kappa shape index (κ3) is 6.67. The second kappa shape index (κ2) is 12.6. The first-order valence-corrected chi connectivity index (χ1v) is 12.2. The molecule has 1 heterocycles. The molecule has 0 spiro atoms. The second-order valence-electron chi connectivity index (χ2n) is 7.83. The largest absolute Gasteiger partial charge is 0.356 e. The summed E-state index contributed by atoms with van der Waals surface area (Å²) in [7, 11) is 1.05. The van der Waals surface area contributed by atoms with Crippen molar-refractivity contribution in [1.29, 1.82) is 0 Å². The van der Waals surface area contributed by atoms with Crippen LogP contribution in [0.4, 0.5) is 5.69 Å². The van der Waals surface area contributed by atoms with Crippen LogP contribution >= 0.6 is 24.0 Å². The lowest BCUT2D eigenvalue weighted by molar-refractivity contribution is -0.118. The molecule has 0 bridgehead atoms. The van der Waals surface area contributed by atoms with Gasteiger partial charge in [-0.2, -0.15) is 0 Å². The van der Waals surface area contributed by atoms with Crippen molar-refractivity contribution in [2.24, 2.45) is 4.99 Å². The van der Waals surface area contributed by atoms with Crippen LogP contribution in [0, 0.1) is 0 Å². The van der Waals surface area contributed by atoms with Crippen molar-refractivity contribution in [3.8, 4) is 0 Å². The minimum atomic E-state index is -0.723. The predicted octanol–water partition coefficient (Wildman–Crippen LogP) is 3.22. The number of hydrogen-bond acceptors (Lipinski definition) is 3. The Morgan fingerprint density at radius 2 is 2.10 bits per heavy atom. The van der Waals surface area contributed by atoms with Gasteiger partial charge in [0.15, 0.2) is 5.96 Å². The van der Waals surface area contributed by atoms with Crippen LogP contribution in [0.3, 0.4) is 0 Å². The standard InChI is InChI=1S/C22H34N4O2S.HI/c1-3-29(28)19-10-6-9-18(16-19)25-22(23-2)24-14-7-12-21(27)26-15-13-17-8-4-5-11-20(17)26;/h4-5,8,11,18-19H,3,6-7,9-10,12-16H2,1-2H3,(H2,23,24,25);1H. The lowest BCUT2D eigenvalue weighted by atomic mass is 9.95. The Hall–Kier alpha value is -1.16. The van der Waals surface area contributed by atoms with Crippen LogP contribution in [-0.2, 0) is 22.0 Å². The molecule has 0 radical (unpaired) electrons. The van der Waals surface area contributed by atoms with E-state index in [2.05, 4.69) is 21.7 Å². The number of carbonyl (C=O) groups excluding carboxylic acids is 1. The molecule has 8 heteroatoms. The fourth-order valence-electron chi connectivity index (χ4n) is 4.32. The summed E-state index contributed by atoms with van der Waals surface area (Å²) in [5.41, 5.74) is 2.33. The first-order chi connectivity index (χ1) is 14.1. The van der Waals surface area contributed by atoms with Gasteiger partial charge < -0.3 is 15.5 Å². The van der Waals surface area contributed by atoms with Crippen LogP contribution in [0.1, 0.15) is 51.0 Å². The van der Waals surface area contributed by atoms with Gasteiger partial charge in [-0.05, 0) is 43.7 Å². The predicted molar refractivity (Wildman–Crippen MR) is 136 cm³/mol. The number of fused-ring (bicyclic) bond motifs is 1. The van der Waals surface area contributed by atoms with Crippen molar-refractivity contribution in [2.45, 2.75) is 63.2 Å². The number of nitrogens with one attached hydrogen (secondary N) is 2. The van der Waals surface area contributed by atoms with E-state index < -0.39 is 10.8 Å². The third-order valence-corrected chi connectivity index (χ3v) is 7.64. The van der Waals surface area contributed by atoms with Crippen LogP contribution in [0.2, 0.25) is 0 Å². The van der Waals surface area contributed by atoms with Crippen molar-refractivity contribution >= 4 is 52.3 Å². The van der Waals surface area contributed by atoms with Gasteiger partial charge in [0, 0.05) is 60.1 Å². The van der Waals surface area contributed by atoms with E-state index in [-0.39, 0.29) is 29.9 Å². The van der Waals surface area contributed by atoms with Gasteiger partial charge in [-0.15, -0.1) is 24.0 Å². The molecule has 30 heavy (non-hydrogen) atoms. The van der Waals surface area contributed by atoms with E-state index in [1.54, 1.807) is 7.05 Å². The fourth-order valence-corrected chi connectivity index (χ4v) is 5.67. The van der Waals surface area contributed by atoms with Gasteiger partial charge in [0.1, 0.15) is 0 Å². The summed E-state index contributed by atoms with van der Waals surface area (Å²) in [4.78, 5) is 18.8. The highest BCUT2D eigenvalue weighted by atomic mass is 127. The number of carbonyl (C=O) groups is 1. The molecule has 1 fully saturated rings. The molecule has 1 aliphatic heterocycles. The fraction of sp³-hybridized carbons (Fsp3) is 0.636. The second-order valence-corrected chi connectivity index (χ2v) is 9.83. The molecule has 6 nitrogen and oxygen atoms in total. The molecule has 3 unspecified atom stereocenters. The van der Waals surface area contributed by atoms with Crippen molar-refractivity contribution in [1.82, 2.24) is 10.6 Å². The Morgan fingerprint density at radius 3 is 2.87 bits per heavy atom. The van der Waals surface area contributed by atoms with Crippen LogP contribution < -0.4 is 15.5 Å². The van der Waals surface area contributed by atoms with E-state index >= 15 is 0 Å². The summed E-state index contributed by atoms with van der Waals surface area (Å²) < 4.78 is 12.1. The summed E-state index contributed by atoms with van der Waals surface area (Å²) >= 11 is 0. The van der Waals surface area contributed by atoms with Crippen molar-refractivity contribution in [3.05, 3.63) is 29.8 Å². The highest BCUT2D eigenvalue weighted by molar-refractivity contribution is 14.0. The Bertz CT molecular complexity index is 758. The zero-order chi connectivity index (χ0) is 20.6. The molecule has 2 aliphatic rings. The Morgan fingerprint density at radius 1 is 1.30 bits per heavy atom. The number of benzene rings is 1. The minimum absolute atomic E-state index is 0. The first kappa shape index (κ1) is 25.1. The Balaban J connectivity index is 0.00000320. The van der Waals surface area contributed by atoms with E-state index in [9.17, 15) is 9.00 Å². The van der Waals surface area contributed by atoms with Gasteiger partial charge in [0.25, 0.3) is 0 Å². The topological polar surface area (TPSA) is 73.8 Å². The van der Waals surface area contributed by atoms with E-state index in [0.717, 1.165) is 62.5 Å². The highest BCUT2D eigenvalue weighted by Crippen LogP contribution is 2.28. The smallest absolute Gasteiger partial charge is 0.227 e. The highest BCUT2D eigenvalue weighted by Gasteiger charge is 2.26.